The van der Waals surface area contributed by atoms with Crippen molar-refractivity contribution in [1.29, 1.82) is 0 Å². The number of carbonyl (C=O) groups excluding carboxylic acids is 1. The Morgan fingerprint density at radius 1 is 1.33 bits per heavy atom. The number of rotatable bonds is 4. The Hall–Kier alpha value is -1.72. The summed E-state index contributed by atoms with van der Waals surface area (Å²) in [5.74, 6) is -0.137. The van der Waals surface area contributed by atoms with Gasteiger partial charge in [0.1, 0.15) is 0 Å². The summed E-state index contributed by atoms with van der Waals surface area (Å²) in [7, 11) is 1.82. The van der Waals surface area contributed by atoms with Gasteiger partial charge in [0, 0.05) is 22.2 Å². The van der Waals surface area contributed by atoms with Crippen LogP contribution in [0.3, 0.4) is 0 Å². The number of nitrogens with two attached hydrogens (primary N) is 1. The summed E-state index contributed by atoms with van der Waals surface area (Å²) in [5.41, 5.74) is 8.04. The van der Waals surface area contributed by atoms with Crippen LogP contribution in [0.4, 0.5) is 17.1 Å². The number of benzene rings is 2. The molecule has 4 nitrogen and oxygen atoms in total. The first-order chi connectivity index (χ1) is 9.95. The third-order valence-corrected chi connectivity index (χ3v) is 3.62. The van der Waals surface area contributed by atoms with Crippen LogP contribution in [0.1, 0.15) is 0 Å². The zero-order valence-electron chi connectivity index (χ0n) is 11.4. The van der Waals surface area contributed by atoms with Gasteiger partial charge in [0.2, 0.25) is 5.91 Å². The fourth-order valence-electron chi connectivity index (χ4n) is 1.94. The molecule has 0 bridgehead atoms. The lowest BCUT2D eigenvalue weighted by Gasteiger charge is -2.20. The smallest absolute Gasteiger partial charge is 0.243 e. The molecule has 0 saturated carbocycles. The number of carbonyl (C=O) groups is 1. The second kappa shape index (κ2) is 6.83. The van der Waals surface area contributed by atoms with E-state index in [0.29, 0.717) is 16.4 Å². The molecular weight excluding hydrogens is 354 g/mol. The first kappa shape index (κ1) is 15.7. The van der Waals surface area contributed by atoms with Crippen molar-refractivity contribution in [3.63, 3.8) is 0 Å². The average molecular weight is 369 g/mol. The fourth-order valence-corrected chi connectivity index (χ4v) is 2.51. The molecule has 0 aliphatic rings. The van der Waals surface area contributed by atoms with Gasteiger partial charge >= 0.3 is 0 Å². The molecule has 0 radical (unpaired) electrons. The van der Waals surface area contributed by atoms with E-state index in [9.17, 15) is 4.79 Å². The number of nitrogen functional groups attached to an aromatic ring is 1. The Bertz CT molecular complexity index is 663. The molecule has 0 atom stereocenters. The molecule has 0 aromatic heterocycles. The third kappa shape index (κ3) is 4.37. The molecule has 0 fully saturated rings. The Morgan fingerprint density at radius 2 is 2.10 bits per heavy atom. The molecule has 1 amide bonds. The molecule has 0 spiro atoms. The van der Waals surface area contributed by atoms with Gasteiger partial charge in [-0.05, 0) is 36.4 Å². The monoisotopic (exact) mass is 367 g/mol. The highest BCUT2D eigenvalue weighted by atomic mass is 79.9. The van der Waals surface area contributed by atoms with Crippen molar-refractivity contribution in [3.8, 4) is 0 Å². The Morgan fingerprint density at radius 3 is 2.76 bits per heavy atom. The van der Waals surface area contributed by atoms with Gasteiger partial charge in [-0.3, -0.25) is 4.79 Å². The zero-order chi connectivity index (χ0) is 15.4. The quantitative estimate of drug-likeness (QED) is 0.808. The number of hydrogen-bond donors (Lipinski definition) is 2. The lowest BCUT2D eigenvalue weighted by molar-refractivity contribution is -0.114. The summed E-state index contributed by atoms with van der Waals surface area (Å²) in [5, 5.41) is 3.38. The second-order valence-corrected chi connectivity index (χ2v) is 5.97. The predicted octanol–water partition coefficient (Wildman–Crippen LogP) is 3.76. The largest absolute Gasteiger partial charge is 0.397 e. The van der Waals surface area contributed by atoms with Gasteiger partial charge in [-0.15, -0.1) is 0 Å². The van der Waals surface area contributed by atoms with Crippen molar-refractivity contribution < 1.29 is 4.79 Å². The van der Waals surface area contributed by atoms with Crippen molar-refractivity contribution >= 4 is 50.5 Å². The zero-order valence-corrected chi connectivity index (χ0v) is 13.8. The van der Waals surface area contributed by atoms with E-state index in [1.54, 1.807) is 35.2 Å². The highest BCUT2D eigenvalue weighted by Gasteiger charge is 2.10. The molecule has 0 aliphatic heterocycles. The Balaban J connectivity index is 2.02. The minimum absolute atomic E-state index is 0.137. The predicted molar refractivity (Wildman–Crippen MR) is 91.9 cm³/mol. The maximum absolute atomic E-state index is 12.0. The van der Waals surface area contributed by atoms with E-state index < -0.39 is 0 Å². The van der Waals surface area contributed by atoms with Crippen LogP contribution in [0, 0.1) is 0 Å². The summed E-state index contributed by atoms with van der Waals surface area (Å²) in [4.78, 5) is 13.8. The first-order valence-corrected chi connectivity index (χ1v) is 7.44. The molecule has 21 heavy (non-hydrogen) atoms. The van der Waals surface area contributed by atoms with Gasteiger partial charge in [0.05, 0.1) is 17.9 Å². The summed E-state index contributed by atoms with van der Waals surface area (Å²) in [6, 6.07) is 12.6. The number of anilines is 3. The van der Waals surface area contributed by atoms with Crippen molar-refractivity contribution in [3.05, 3.63) is 52.0 Å². The number of likely N-dealkylation sites (N-methyl/N-ethyl adjacent to an activating group) is 1. The third-order valence-electron chi connectivity index (χ3n) is 2.89. The van der Waals surface area contributed by atoms with Crippen LogP contribution >= 0.6 is 27.5 Å². The van der Waals surface area contributed by atoms with E-state index >= 15 is 0 Å². The molecule has 2 rings (SSSR count). The first-order valence-electron chi connectivity index (χ1n) is 6.27. The van der Waals surface area contributed by atoms with Crippen LogP contribution in [-0.2, 0) is 4.79 Å². The summed E-state index contributed by atoms with van der Waals surface area (Å²) < 4.78 is 0.903. The number of amides is 1. The van der Waals surface area contributed by atoms with Gasteiger partial charge in [0.15, 0.2) is 0 Å². The molecule has 0 aliphatic carbocycles. The van der Waals surface area contributed by atoms with Crippen molar-refractivity contribution in [2.45, 2.75) is 0 Å². The van der Waals surface area contributed by atoms with Crippen molar-refractivity contribution in [1.82, 2.24) is 0 Å². The Kier molecular flexibility index (Phi) is 5.09. The number of halogens is 2. The van der Waals surface area contributed by atoms with Gasteiger partial charge in [-0.1, -0.05) is 33.6 Å². The SMILES string of the molecule is CN(CC(=O)Nc1cccc(Cl)c1)c1ccc(Br)cc1N. The van der Waals surface area contributed by atoms with E-state index in [2.05, 4.69) is 21.2 Å². The van der Waals surface area contributed by atoms with E-state index in [0.717, 1.165) is 10.2 Å². The van der Waals surface area contributed by atoms with E-state index in [-0.39, 0.29) is 12.5 Å². The average Bonchev–Trinajstić information content (AvgIpc) is 2.38. The molecule has 3 N–H and O–H groups in total. The van der Waals surface area contributed by atoms with Gasteiger partial charge in [-0.25, -0.2) is 0 Å². The van der Waals surface area contributed by atoms with Crippen LogP contribution in [0.5, 0.6) is 0 Å². The summed E-state index contributed by atoms with van der Waals surface area (Å²) >= 11 is 9.24. The molecule has 0 unspecified atom stereocenters. The second-order valence-electron chi connectivity index (χ2n) is 4.62. The van der Waals surface area contributed by atoms with Crippen LogP contribution < -0.4 is 16.0 Å². The van der Waals surface area contributed by atoms with Gasteiger partial charge in [-0.2, -0.15) is 0 Å². The normalized spacial score (nSPS) is 10.2. The molecule has 2 aromatic rings. The maximum Gasteiger partial charge on any atom is 0.243 e. The lowest BCUT2D eigenvalue weighted by Crippen LogP contribution is -2.30. The molecule has 0 saturated heterocycles. The van der Waals surface area contributed by atoms with Crippen molar-refractivity contribution in [2.75, 3.05) is 29.5 Å². The van der Waals surface area contributed by atoms with E-state index in [1.807, 2.05) is 19.2 Å². The van der Waals surface area contributed by atoms with E-state index in [1.165, 1.54) is 0 Å². The van der Waals surface area contributed by atoms with Crippen LogP contribution in [-0.4, -0.2) is 19.5 Å². The minimum atomic E-state index is -0.137. The highest BCUT2D eigenvalue weighted by Crippen LogP contribution is 2.25. The molecule has 0 heterocycles. The van der Waals surface area contributed by atoms with Gasteiger partial charge in [0.25, 0.3) is 0 Å². The molecule has 110 valence electrons. The van der Waals surface area contributed by atoms with Gasteiger partial charge < -0.3 is 16.0 Å². The summed E-state index contributed by atoms with van der Waals surface area (Å²) in [6.45, 7) is 0.193. The number of nitrogens with one attached hydrogen (secondary N) is 1. The van der Waals surface area contributed by atoms with Crippen LogP contribution in [0.25, 0.3) is 0 Å². The standard InChI is InChI=1S/C15H15BrClN3O/c1-20(14-6-5-10(16)7-13(14)18)9-15(21)19-12-4-2-3-11(17)8-12/h2-8H,9,18H2,1H3,(H,19,21). The molecule has 6 heteroatoms. The number of hydrogen-bond acceptors (Lipinski definition) is 3. The minimum Gasteiger partial charge on any atom is -0.397 e. The van der Waals surface area contributed by atoms with Crippen LogP contribution in [0.15, 0.2) is 46.9 Å². The van der Waals surface area contributed by atoms with Crippen molar-refractivity contribution in [2.24, 2.45) is 0 Å². The fraction of sp³-hybridized carbons (Fsp3) is 0.133. The molecule has 2 aromatic carbocycles. The van der Waals surface area contributed by atoms with Crippen LogP contribution in [0.2, 0.25) is 5.02 Å². The Labute approximate surface area is 137 Å². The highest BCUT2D eigenvalue weighted by molar-refractivity contribution is 9.10. The topological polar surface area (TPSA) is 58.4 Å². The summed E-state index contributed by atoms with van der Waals surface area (Å²) in [6.07, 6.45) is 0. The lowest BCUT2D eigenvalue weighted by atomic mass is 10.2. The number of nitrogens with zero attached hydrogens (tertiary/aromatic N) is 1. The maximum atomic E-state index is 12.0. The van der Waals surface area contributed by atoms with E-state index in [4.69, 9.17) is 17.3 Å². The molecular formula is C15H15BrClN3O.